The van der Waals surface area contributed by atoms with E-state index in [4.69, 9.17) is 10.00 Å². The highest BCUT2D eigenvalue weighted by atomic mass is 19.1. The van der Waals surface area contributed by atoms with Crippen LogP contribution >= 0.6 is 0 Å². The molecule has 0 aliphatic heterocycles. The van der Waals surface area contributed by atoms with Gasteiger partial charge in [-0.25, -0.2) is 4.39 Å². The molecular weight excluding hydrogens is 255 g/mol. The second-order valence-corrected chi connectivity index (χ2v) is 4.42. The lowest BCUT2D eigenvalue weighted by molar-refractivity contribution is 0.416. The minimum absolute atomic E-state index is 0.144. The SMILES string of the molecule is COc1cccc(C#N)c1NC(C)c1cccc(F)c1. The van der Waals surface area contributed by atoms with Crippen LogP contribution in [0.4, 0.5) is 10.1 Å². The molecule has 0 aliphatic carbocycles. The van der Waals surface area contributed by atoms with Crippen molar-refractivity contribution in [3.05, 3.63) is 59.4 Å². The maximum absolute atomic E-state index is 13.3. The number of hydrogen-bond donors (Lipinski definition) is 1. The summed E-state index contributed by atoms with van der Waals surface area (Å²) >= 11 is 0. The van der Waals surface area contributed by atoms with Gasteiger partial charge in [-0.1, -0.05) is 18.2 Å². The van der Waals surface area contributed by atoms with Crippen LogP contribution in [0.3, 0.4) is 0 Å². The number of anilines is 1. The highest BCUT2D eigenvalue weighted by Gasteiger charge is 2.13. The van der Waals surface area contributed by atoms with Crippen molar-refractivity contribution >= 4 is 5.69 Å². The van der Waals surface area contributed by atoms with E-state index in [0.717, 1.165) is 5.56 Å². The highest BCUT2D eigenvalue weighted by molar-refractivity contribution is 5.67. The number of nitriles is 1. The second kappa shape index (κ2) is 6.07. The molecule has 0 saturated carbocycles. The largest absolute Gasteiger partial charge is 0.495 e. The highest BCUT2D eigenvalue weighted by Crippen LogP contribution is 2.31. The molecule has 0 amide bonds. The van der Waals surface area contributed by atoms with E-state index < -0.39 is 0 Å². The zero-order chi connectivity index (χ0) is 14.5. The topological polar surface area (TPSA) is 45.0 Å². The van der Waals surface area contributed by atoms with Gasteiger partial charge < -0.3 is 10.1 Å². The number of benzene rings is 2. The smallest absolute Gasteiger partial charge is 0.143 e. The van der Waals surface area contributed by atoms with Gasteiger partial charge in [0.2, 0.25) is 0 Å². The van der Waals surface area contributed by atoms with E-state index in [1.807, 2.05) is 13.0 Å². The van der Waals surface area contributed by atoms with Crippen LogP contribution < -0.4 is 10.1 Å². The lowest BCUT2D eigenvalue weighted by Gasteiger charge is -2.19. The van der Waals surface area contributed by atoms with E-state index in [2.05, 4.69) is 11.4 Å². The normalized spacial score (nSPS) is 11.5. The molecule has 102 valence electrons. The molecule has 20 heavy (non-hydrogen) atoms. The molecule has 0 aromatic heterocycles. The van der Waals surface area contributed by atoms with Gasteiger partial charge in [0, 0.05) is 6.04 Å². The van der Waals surface area contributed by atoms with Gasteiger partial charge in [-0.05, 0) is 36.8 Å². The fourth-order valence-corrected chi connectivity index (χ4v) is 2.02. The number of halogens is 1. The fraction of sp³-hybridized carbons (Fsp3) is 0.188. The Morgan fingerprint density at radius 1 is 1.25 bits per heavy atom. The summed E-state index contributed by atoms with van der Waals surface area (Å²) in [4.78, 5) is 0. The molecule has 1 N–H and O–H groups in total. The molecule has 0 aliphatic rings. The first kappa shape index (κ1) is 13.9. The lowest BCUT2D eigenvalue weighted by atomic mass is 10.1. The summed E-state index contributed by atoms with van der Waals surface area (Å²) in [5.41, 5.74) is 1.92. The summed E-state index contributed by atoms with van der Waals surface area (Å²) < 4.78 is 18.5. The molecule has 0 radical (unpaired) electrons. The van der Waals surface area contributed by atoms with E-state index in [9.17, 15) is 4.39 Å². The molecule has 0 fully saturated rings. The average Bonchev–Trinajstić information content (AvgIpc) is 2.47. The minimum Gasteiger partial charge on any atom is -0.495 e. The van der Waals surface area contributed by atoms with Gasteiger partial charge in [0.1, 0.15) is 17.6 Å². The Balaban J connectivity index is 2.32. The standard InChI is InChI=1S/C16H15FN2O/c1-11(12-5-3-7-14(17)9-12)19-16-13(10-18)6-4-8-15(16)20-2/h3-9,11,19H,1-2H3. The summed E-state index contributed by atoms with van der Waals surface area (Å²) in [6.07, 6.45) is 0. The molecule has 4 heteroatoms. The number of rotatable bonds is 4. The minimum atomic E-state index is -0.281. The molecule has 2 aromatic carbocycles. The number of ether oxygens (including phenoxy) is 1. The Kier molecular flexibility index (Phi) is 4.21. The van der Waals surface area contributed by atoms with Crippen molar-refractivity contribution in [2.24, 2.45) is 0 Å². The molecule has 0 heterocycles. The Hall–Kier alpha value is -2.54. The van der Waals surface area contributed by atoms with E-state index >= 15 is 0 Å². The first-order valence-electron chi connectivity index (χ1n) is 6.25. The third-order valence-electron chi connectivity index (χ3n) is 3.08. The summed E-state index contributed by atoms with van der Waals surface area (Å²) in [5, 5.41) is 12.4. The van der Waals surface area contributed by atoms with Gasteiger partial charge >= 0.3 is 0 Å². The monoisotopic (exact) mass is 270 g/mol. The number of nitrogens with zero attached hydrogens (tertiary/aromatic N) is 1. The second-order valence-electron chi connectivity index (χ2n) is 4.42. The van der Waals surface area contributed by atoms with Crippen LogP contribution in [0.25, 0.3) is 0 Å². The number of nitrogens with one attached hydrogen (secondary N) is 1. The van der Waals surface area contributed by atoms with Crippen LogP contribution in [0.2, 0.25) is 0 Å². The number of hydrogen-bond acceptors (Lipinski definition) is 3. The van der Waals surface area contributed by atoms with E-state index in [0.29, 0.717) is 17.0 Å². The number of para-hydroxylation sites is 1. The van der Waals surface area contributed by atoms with Crippen molar-refractivity contribution in [1.29, 1.82) is 5.26 Å². The lowest BCUT2D eigenvalue weighted by Crippen LogP contribution is -2.09. The van der Waals surface area contributed by atoms with Crippen molar-refractivity contribution in [1.82, 2.24) is 0 Å². The summed E-state index contributed by atoms with van der Waals surface area (Å²) in [5.74, 6) is 0.309. The molecular formula is C16H15FN2O. The van der Waals surface area contributed by atoms with E-state index in [1.165, 1.54) is 12.1 Å². The summed E-state index contributed by atoms with van der Waals surface area (Å²) in [6.45, 7) is 1.91. The van der Waals surface area contributed by atoms with Gasteiger partial charge in [-0.15, -0.1) is 0 Å². The van der Waals surface area contributed by atoms with Crippen LogP contribution in [0.1, 0.15) is 24.1 Å². The quantitative estimate of drug-likeness (QED) is 0.917. The molecule has 0 spiro atoms. The van der Waals surface area contributed by atoms with Crippen LogP contribution in [-0.4, -0.2) is 7.11 Å². The van der Waals surface area contributed by atoms with Crippen molar-refractivity contribution in [3.8, 4) is 11.8 Å². The van der Waals surface area contributed by atoms with Crippen molar-refractivity contribution < 1.29 is 9.13 Å². The van der Waals surface area contributed by atoms with Gasteiger partial charge in [0.25, 0.3) is 0 Å². The summed E-state index contributed by atoms with van der Waals surface area (Å²) in [6, 6.07) is 13.6. The number of methoxy groups -OCH3 is 1. The fourth-order valence-electron chi connectivity index (χ4n) is 2.02. The summed E-state index contributed by atoms with van der Waals surface area (Å²) in [7, 11) is 1.55. The van der Waals surface area contributed by atoms with Gasteiger partial charge in [-0.3, -0.25) is 0 Å². The Bertz CT molecular complexity index is 649. The molecule has 1 atom stereocenters. The van der Waals surface area contributed by atoms with Gasteiger partial charge in [-0.2, -0.15) is 5.26 Å². The molecule has 2 aromatic rings. The first-order valence-corrected chi connectivity index (χ1v) is 6.25. The van der Waals surface area contributed by atoms with Crippen LogP contribution in [0, 0.1) is 17.1 Å². The predicted octanol–water partition coefficient (Wildman–Crippen LogP) is 3.88. The molecule has 0 saturated heterocycles. The maximum Gasteiger partial charge on any atom is 0.143 e. The molecule has 2 rings (SSSR count). The van der Waals surface area contributed by atoms with E-state index in [-0.39, 0.29) is 11.9 Å². The van der Waals surface area contributed by atoms with Crippen molar-refractivity contribution in [3.63, 3.8) is 0 Å². The Labute approximate surface area is 117 Å². The van der Waals surface area contributed by atoms with Gasteiger partial charge in [0.05, 0.1) is 18.4 Å². The molecule has 3 nitrogen and oxygen atoms in total. The predicted molar refractivity (Wildman–Crippen MR) is 76.1 cm³/mol. The van der Waals surface area contributed by atoms with Crippen molar-refractivity contribution in [2.45, 2.75) is 13.0 Å². The first-order chi connectivity index (χ1) is 9.65. The average molecular weight is 270 g/mol. The van der Waals surface area contributed by atoms with E-state index in [1.54, 1.807) is 31.4 Å². The van der Waals surface area contributed by atoms with Crippen LogP contribution in [-0.2, 0) is 0 Å². The maximum atomic E-state index is 13.3. The molecule has 0 bridgehead atoms. The zero-order valence-electron chi connectivity index (χ0n) is 11.4. The third kappa shape index (κ3) is 2.89. The zero-order valence-corrected chi connectivity index (χ0v) is 11.4. The van der Waals surface area contributed by atoms with Crippen LogP contribution in [0.15, 0.2) is 42.5 Å². The molecule has 1 unspecified atom stereocenters. The van der Waals surface area contributed by atoms with Crippen LogP contribution in [0.5, 0.6) is 5.75 Å². The van der Waals surface area contributed by atoms with Gasteiger partial charge in [0.15, 0.2) is 0 Å². The third-order valence-corrected chi connectivity index (χ3v) is 3.08. The van der Waals surface area contributed by atoms with Crippen molar-refractivity contribution in [2.75, 3.05) is 12.4 Å². The Morgan fingerprint density at radius 2 is 2.00 bits per heavy atom. The Morgan fingerprint density at radius 3 is 2.65 bits per heavy atom.